The highest BCUT2D eigenvalue weighted by molar-refractivity contribution is 5.95. The van der Waals surface area contributed by atoms with E-state index in [0.717, 1.165) is 0 Å². The van der Waals surface area contributed by atoms with Crippen molar-refractivity contribution in [2.24, 2.45) is 0 Å². The van der Waals surface area contributed by atoms with Crippen LogP contribution in [0.1, 0.15) is 10.6 Å². The second-order valence-corrected chi connectivity index (χ2v) is 3.77. The van der Waals surface area contributed by atoms with Gasteiger partial charge in [-0.3, -0.25) is 4.79 Å². The molecule has 1 amide bonds. The van der Waals surface area contributed by atoms with Crippen molar-refractivity contribution in [2.45, 2.75) is 0 Å². The molecule has 0 bridgehead atoms. The minimum absolute atomic E-state index is 0.0659. The molecule has 104 valence electrons. The fourth-order valence-electron chi connectivity index (χ4n) is 1.42. The molecular weight excluding hydrogens is 266 g/mol. The number of carboxylic acids is 1. The predicted octanol–water partition coefficient (Wildman–Crippen LogP) is 0.972. The van der Waals surface area contributed by atoms with Gasteiger partial charge in [0.05, 0.1) is 11.9 Å². The van der Waals surface area contributed by atoms with E-state index in [9.17, 15) is 9.59 Å². The first kappa shape index (κ1) is 13.4. The van der Waals surface area contributed by atoms with Crippen LogP contribution in [0.2, 0.25) is 0 Å². The second kappa shape index (κ2) is 5.74. The van der Waals surface area contributed by atoms with Gasteiger partial charge in [-0.1, -0.05) is 5.16 Å². The Hall–Kier alpha value is -3.03. The van der Waals surface area contributed by atoms with Crippen LogP contribution in [-0.4, -0.2) is 28.7 Å². The molecule has 1 aliphatic rings. The molecule has 0 saturated carbocycles. The molecule has 0 atom stereocenters. The van der Waals surface area contributed by atoms with Gasteiger partial charge < -0.3 is 25.4 Å². The number of aromatic nitrogens is 1. The lowest BCUT2D eigenvalue weighted by Gasteiger charge is -2.17. The minimum atomic E-state index is -1.09. The molecule has 0 unspecified atom stereocenters. The van der Waals surface area contributed by atoms with Gasteiger partial charge >= 0.3 is 5.97 Å². The van der Waals surface area contributed by atoms with E-state index in [0.29, 0.717) is 17.1 Å². The zero-order valence-corrected chi connectivity index (χ0v) is 10.2. The van der Waals surface area contributed by atoms with Gasteiger partial charge in [-0.05, 0) is 12.1 Å². The molecule has 0 spiro atoms. The summed E-state index contributed by atoms with van der Waals surface area (Å²) in [6.07, 6.45) is 1.28. The average Bonchev–Trinajstić information content (AvgIpc) is 2.94. The average molecular weight is 277 g/mol. The van der Waals surface area contributed by atoms with E-state index >= 15 is 0 Å². The van der Waals surface area contributed by atoms with Gasteiger partial charge in [-0.15, -0.1) is 0 Å². The molecular formula is C12H11N3O5. The highest BCUT2D eigenvalue weighted by atomic mass is 16.5. The van der Waals surface area contributed by atoms with E-state index in [2.05, 4.69) is 15.0 Å². The summed E-state index contributed by atoms with van der Waals surface area (Å²) < 4.78 is 9.37. The van der Waals surface area contributed by atoms with Gasteiger partial charge in [0.25, 0.3) is 5.91 Å². The molecule has 4 N–H and O–H groups in total. The van der Waals surface area contributed by atoms with Gasteiger partial charge in [-0.2, -0.15) is 0 Å². The van der Waals surface area contributed by atoms with Crippen LogP contribution in [-0.2, 0) is 4.79 Å². The minimum Gasteiger partial charge on any atom is -0.482 e. The van der Waals surface area contributed by atoms with Gasteiger partial charge in [-0.25, -0.2) is 4.79 Å². The van der Waals surface area contributed by atoms with Gasteiger partial charge in [0, 0.05) is 17.8 Å². The number of nitrogens with two attached hydrogens (primary N) is 1. The fraction of sp³-hybridized carbons (Fsp3) is 0.0833. The first-order valence-corrected chi connectivity index (χ1v) is 5.52. The maximum absolute atomic E-state index is 10.8. The molecule has 1 aliphatic heterocycles. The highest BCUT2D eigenvalue weighted by Crippen LogP contribution is 2.29. The van der Waals surface area contributed by atoms with Crippen molar-refractivity contribution >= 4 is 23.3 Å². The number of hydrogen-bond donors (Lipinski definition) is 3. The Kier molecular flexibility index (Phi) is 3.85. The third kappa shape index (κ3) is 3.25. The number of nitrogen functional groups attached to an aromatic ring is 1. The summed E-state index contributed by atoms with van der Waals surface area (Å²) in [7, 11) is 0. The van der Waals surface area contributed by atoms with E-state index in [-0.39, 0.29) is 18.3 Å². The Bertz CT molecular complexity index is 624. The summed E-state index contributed by atoms with van der Waals surface area (Å²) in [6.45, 7) is 0.0659. The van der Waals surface area contributed by atoms with Crippen molar-refractivity contribution in [2.75, 3.05) is 17.7 Å². The summed E-state index contributed by atoms with van der Waals surface area (Å²) in [5, 5.41) is 14.0. The van der Waals surface area contributed by atoms with Crippen LogP contribution in [0.4, 0.5) is 11.4 Å². The van der Waals surface area contributed by atoms with Crippen LogP contribution in [0.25, 0.3) is 0 Å². The van der Waals surface area contributed by atoms with Crippen molar-refractivity contribution in [1.82, 2.24) is 5.16 Å². The molecule has 8 heteroatoms. The van der Waals surface area contributed by atoms with Crippen molar-refractivity contribution in [1.29, 1.82) is 0 Å². The van der Waals surface area contributed by atoms with E-state index in [4.69, 9.17) is 15.6 Å². The molecule has 0 fully saturated rings. The normalized spacial score (nSPS) is 12.3. The molecule has 0 radical (unpaired) electrons. The summed E-state index contributed by atoms with van der Waals surface area (Å²) >= 11 is 0. The largest absolute Gasteiger partial charge is 0.482 e. The molecule has 3 rings (SSSR count). The number of hydrogen-bond acceptors (Lipinski definition) is 6. The number of carbonyl (C=O) groups excluding carboxylic acids is 1. The molecule has 2 heterocycles. The first-order valence-electron chi connectivity index (χ1n) is 5.52. The summed E-state index contributed by atoms with van der Waals surface area (Å²) in [5.74, 6) is -0.727. The lowest BCUT2D eigenvalue weighted by Crippen LogP contribution is -2.25. The number of amides is 1. The van der Waals surface area contributed by atoms with E-state index in [1.165, 1.54) is 12.3 Å². The van der Waals surface area contributed by atoms with Gasteiger partial charge in [0.2, 0.25) is 5.76 Å². The van der Waals surface area contributed by atoms with Crippen LogP contribution in [0.3, 0.4) is 0 Å². The van der Waals surface area contributed by atoms with Crippen LogP contribution >= 0.6 is 0 Å². The number of nitrogens with zero attached hydrogens (tertiary/aromatic N) is 1. The van der Waals surface area contributed by atoms with Gasteiger partial charge in [0.1, 0.15) is 5.75 Å². The number of benzene rings is 1. The van der Waals surface area contributed by atoms with E-state index in [1.54, 1.807) is 18.2 Å². The van der Waals surface area contributed by atoms with Crippen molar-refractivity contribution in [3.8, 4) is 5.75 Å². The Morgan fingerprint density at radius 2 is 2.20 bits per heavy atom. The van der Waals surface area contributed by atoms with Crippen LogP contribution in [0, 0.1) is 0 Å². The van der Waals surface area contributed by atoms with Crippen molar-refractivity contribution in [3.05, 3.63) is 36.2 Å². The summed E-state index contributed by atoms with van der Waals surface area (Å²) in [6, 6.07) is 6.41. The van der Waals surface area contributed by atoms with Crippen molar-refractivity contribution in [3.63, 3.8) is 0 Å². The summed E-state index contributed by atoms with van der Waals surface area (Å²) in [4.78, 5) is 20.8. The second-order valence-electron chi connectivity index (χ2n) is 3.77. The number of carbonyl (C=O) groups is 2. The number of nitrogens with one attached hydrogen (secondary N) is 1. The Balaban J connectivity index is 0.000000160. The third-order valence-corrected chi connectivity index (χ3v) is 2.29. The van der Waals surface area contributed by atoms with Crippen LogP contribution in [0.5, 0.6) is 5.75 Å². The fourth-order valence-corrected chi connectivity index (χ4v) is 1.42. The molecule has 0 saturated heterocycles. The Labute approximate surface area is 113 Å². The maximum atomic E-state index is 10.8. The zero-order chi connectivity index (χ0) is 14.5. The molecule has 1 aromatic carbocycles. The van der Waals surface area contributed by atoms with Crippen molar-refractivity contribution < 1.29 is 24.0 Å². The lowest BCUT2D eigenvalue weighted by atomic mass is 10.2. The van der Waals surface area contributed by atoms with E-state index in [1.807, 2.05) is 0 Å². The van der Waals surface area contributed by atoms with Crippen LogP contribution < -0.4 is 15.8 Å². The Morgan fingerprint density at radius 1 is 1.40 bits per heavy atom. The zero-order valence-electron chi connectivity index (χ0n) is 10.2. The van der Waals surface area contributed by atoms with Crippen LogP contribution in [0.15, 0.2) is 35.0 Å². The van der Waals surface area contributed by atoms with E-state index < -0.39 is 5.97 Å². The molecule has 20 heavy (non-hydrogen) atoms. The number of aromatic carboxylic acids is 1. The maximum Gasteiger partial charge on any atom is 0.374 e. The Morgan fingerprint density at radius 3 is 2.80 bits per heavy atom. The summed E-state index contributed by atoms with van der Waals surface area (Å²) in [5.41, 5.74) is 6.83. The monoisotopic (exact) mass is 277 g/mol. The predicted molar refractivity (Wildman–Crippen MR) is 68.4 cm³/mol. The third-order valence-electron chi connectivity index (χ3n) is 2.29. The standard InChI is InChI=1S/C8H8N2O2.C4H3NO3/c9-5-1-2-6-7(3-5)12-4-8(11)10-6;6-4(7)3-1-2-5-8-3/h1-3H,4,9H2,(H,10,11);1-2H,(H,6,7). The number of fused-ring (bicyclic) bond motifs is 1. The smallest absolute Gasteiger partial charge is 0.374 e. The first-order chi connectivity index (χ1) is 9.56. The lowest BCUT2D eigenvalue weighted by molar-refractivity contribution is -0.118. The van der Waals surface area contributed by atoms with Gasteiger partial charge in [0.15, 0.2) is 6.61 Å². The molecule has 2 aromatic rings. The number of carboxylic acid groups (broad SMARTS) is 1. The number of ether oxygens (including phenoxy) is 1. The topological polar surface area (TPSA) is 128 Å². The molecule has 0 aliphatic carbocycles. The highest BCUT2D eigenvalue weighted by Gasteiger charge is 2.14. The number of rotatable bonds is 1. The quantitative estimate of drug-likeness (QED) is 0.662. The molecule has 1 aromatic heterocycles. The molecule has 8 nitrogen and oxygen atoms in total. The SMILES string of the molecule is Nc1ccc2c(c1)OCC(=O)N2.O=C(O)c1ccno1. The number of anilines is 2.